The SMILES string of the molecule is CC(C)C1CC(NC2CCCCC2)(C(N)=O)CCO1. The number of nitrogens with one attached hydrogen (secondary N) is 1. The fourth-order valence-electron chi connectivity index (χ4n) is 3.38. The van der Waals surface area contributed by atoms with E-state index in [-0.39, 0.29) is 12.0 Å². The second-order valence-electron chi connectivity index (χ2n) is 6.53. The van der Waals surface area contributed by atoms with E-state index >= 15 is 0 Å². The molecule has 2 fully saturated rings. The molecule has 2 rings (SSSR count). The van der Waals surface area contributed by atoms with E-state index in [9.17, 15) is 4.79 Å². The molecule has 1 amide bonds. The van der Waals surface area contributed by atoms with Crippen molar-refractivity contribution in [2.75, 3.05) is 6.61 Å². The summed E-state index contributed by atoms with van der Waals surface area (Å²) in [6, 6.07) is 0.451. The lowest BCUT2D eigenvalue weighted by Crippen LogP contribution is -2.63. The van der Waals surface area contributed by atoms with Gasteiger partial charge in [0.05, 0.1) is 6.10 Å². The minimum atomic E-state index is -0.546. The highest BCUT2D eigenvalue weighted by atomic mass is 16.5. The predicted octanol–water partition coefficient (Wildman–Crippen LogP) is 1.97. The molecule has 110 valence electrons. The van der Waals surface area contributed by atoms with Crippen LogP contribution in [-0.4, -0.2) is 30.2 Å². The van der Waals surface area contributed by atoms with Gasteiger partial charge in [0, 0.05) is 19.1 Å². The highest BCUT2D eigenvalue weighted by molar-refractivity contribution is 5.85. The van der Waals surface area contributed by atoms with Gasteiger partial charge in [0.1, 0.15) is 5.54 Å². The number of rotatable bonds is 4. The second-order valence-corrected chi connectivity index (χ2v) is 6.53. The molecule has 1 saturated carbocycles. The molecule has 1 heterocycles. The zero-order chi connectivity index (χ0) is 13.9. The number of hydrogen-bond acceptors (Lipinski definition) is 3. The quantitative estimate of drug-likeness (QED) is 0.819. The Kier molecular flexibility index (Phi) is 4.85. The van der Waals surface area contributed by atoms with Gasteiger partial charge in [-0.2, -0.15) is 0 Å². The lowest BCUT2D eigenvalue weighted by atomic mass is 9.80. The van der Waals surface area contributed by atoms with Crippen LogP contribution in [0, 0.1) is 5.92 Å². The first-order chi connectivity index (χ1) is 9.03. The summed E-state index contributed by atoms with van der Waals surface area (Å²) in [6.45, 7) is 4.91. The predicted molar refractivity (Wildman–Crippen MR) is 75.7 cm³/mol. The van der Waals surface area contributed by atoms with Gasteiger partial charge in [-0.1, -0.05) is 33.1 Å². The van der Waals surface area contributed by atoms with Crippen molar-refractivity contribution in [3.63, 3.8) is 0 Å². The van der Waals surface area contributed by atoms with Gasteiger partial charge >= 0.3 is 0 Å². The molecule has 4 heteroatoms. The Morgan fingerprint density at radius 1 is 1.32 bits per heavy atom. The summed E-state index contributed by atoms with van der Waals surface area (Å²) in [7, 11) is 0. The number of nitrogens with two attached hydrogens (primary N) is 1. The summed E-state index contributed by atoms with van der Waals surface area (Å²) in [5.74, 6) is 0.221. The first kappa shape index (κ1) is 14.8. The summed E-state index contributed by atoms with van der Waals surface area (Å²) in [6.07, 6.45) is 7.74. The minimum absolute atomic E-state index is 0.136. The lowest BCUT2D eigenvalue weighted by molar-refractivity contribution is -0.134. The van der Waals surface area contributed by atoms with Crippen molar-refractivity contribution in [2.45, 2.75) is 76.5 Å². The zero-order valence-electron chi connectivity index (χ0n) is 12.3. The minimum Gasteiger partial charge on any atom is -0.378 e. The number of ether oxygens (including phenoxy) is 1. The Morgan fingerprint density at radius 2 is 2.00 bits per heavy atom. The van der Waals surface area contributed by atoms with Crippen LogP contribution in [0.25, 0.3) is 0 Å². The molecule has 4 nitrogen and oxygen atoms in total. The van der Waals surface area contributed by atoms with Crippen molar-refractivity contribution in [3.05, 3.63) is 0 Å². The van der Waals surface area contributed by atoms with E-state index in [2.05, 4.69) is 19.2 Å². The third kappa shape index (κ3) is 3.48. The Bertz CT molecular complexity index is 313. The Labute approximate surface area is 116 Å². The fraction of sp³-hybridized carbons (Fsp3) is 0.933. The first-order valence-electron chi connectivity index (χ1n) is 7.73. The van der Waals surface area contributed by atoms with Crippen molar-refractivity contribution >= 4 is 5.91 Å². The molecular formula is C15H28N2O2. The van der Waals surface area contributed by atoms with E-state index in [1.807, 2.05) is 0 Å². The largest absolute Gasteiger partial charge is 0.378 e. The maximum atomic E-state index is 12.0. The van der Waals surface area contributed by atoms with E-state index < -0.39 is 5.54 Å². The van der Waals surface area contributed by atoms with Crippen LogP contribution in [0.5, 0.6) is 0 Å². The van der Waals surface area contributed by atoms with Crippen molar-refractivity contribution in [2.24, 2.45) is 11.7 Å². The lowest BCUT2D eigenvalue weighted by Gasteiger charge is -2.43. The zero-order valence-corrected chi connectivity index (χ0v) is 12.3. The molecule has 0 aromatic carbocycles. The molecule has 0 radical (unpaired) electrons. The van der Waals surface area contributed by atoms with E-state index in [1.54, 1.807) is 0 Å². The molecule has 0 aromatic heterocycles. The fourth-order valence-corrected chi connectivity index (χ4v) is 3.38. The third-order valence-corrected chi connectivity index (χ3v) is 4.71. The van der Waals surface area contributed by atoms with Crippen LogP contribution in [-0.2, 0) is 9.53 Å². The van der Waals surface area contributed by atoms with Crippen LogP contribution in [0.4, 0.5) is 0 Å². The molecule has 2 aliphatic rings. The van der Waals surface area contributed by atoms with Gasteiger partial charge in [0.15, 0.2) is 0 Å². The monoisotopic (exact) mass is 268 g/mol. The number of primary amides is 1. The van der Waals surface area contributed by atoms with E-state index in [0.717, 1.165) is 6.42 Å². The van der Waals surface area contributed by atoms with Crippen LogP contribution >= 0.6 is 0 Å². The highest BCUT2D eigenvalue weighted by Crippen LogP contribution is 2.31. The summed E-state index contributed by atoms with van der Waals surface area (Å²) < 4.78 is 5.79. The van der Waals surface area contributed by atoms with Crippen molar-refractivity contribution < 1.29 is 9.53 Å². The van der Waals surface area contributed by atoms with E-state index in [1.165, 1.54) is 32.1 Å². The summed E-state index contributed by atoms with van der Waals surface area (Å²) in [5, 5.41) is 3.60. The van der Waals surface area contributed by atoms with Crippen LogP contribution in [0.1, 0.15) is 58.8 Å². The van der Waals surface area contributed by atoms with E-state index in [0.29, 0.717) is 25.0 Å². The molecular weight excluding hydrogens is 240 g/mol. The molecule has 1 aliphatic heterocycles. The number of amides is 1. The molecule has 1 aliphatic carbocycles. The number of hydrogen-bond donors (Lipinski definition) is 2. The molecule has 2 atom stereocenters. The smallest absolute Gasteiger partial charge is 0.237 e. The van der Waals surface area contributed by atoms with Gasteiger partial charge < -0.3 is 15.8 Å². The molecule has 0 spiro atoms. The molecule has 0 aromatic rings. The van der Waals surface area contributed by atoms with Gasteiger partial charge in [0.2, 0.25) is 5.91 Å². The Morgan fingerprint density at radius 3 is 2.58 bits per heavy atom. The first-order valence-corrected chi connectivity index (χ1v) is 7.73. The van der Waals surface area contributed by atoms with Gasteiger partial charge in [-0.15, -0.1) is 0 Å². The summed E-state index contributed by atoms with van der Waals surface area (Å²) in [5.41, 5.74) is 5.18. The van der Waals surface area contributed by atoms with Crippen molar-refractivity contribution in [1.82, 2.24) is 5.32 Å². The summed E-state index contributed by atoms with van der Waals surface area (Å²) >= 11 is 0. The maximum absolute atomic E-state index is 12.0. The van der Waals surface area contributed by atoms with Crippen molar-refractivity contribution in [1.29, 1.82) is 0 Å². The summed E-state index contributed by atoms with van der Waals surface area (Å²) in [4.78, 5) is 12.0. The Balaban J connectivity index is 2.06. The van der Waals surface area contributed by atoms with Crippen LogP contribution in [0.2, 0.25) is 0 Å². The van der Waals surface area contributed by atoms with Gasteiger partial charge in [-0.25, -0.2) is 0 Å². The maximum Gasteiger partial charge on any atom is 0.237 e. The van der Waals surface area contributed by atoms with Crippen LogP contribution in [0.3, 0.4) is 0 Å². The van der Waals surface area contributed by atoms with Gasteiger partial charge in [0.25, 0.3) is 0 Å². The topological polar surface area (TPSA) is 64.3 Å². The molecule has 2 unspecified atom stereocenters. The number of carbonyl (C=O) groups excluding carboxylic acids is 1. The molecule has 19 heavy (non-hydrogen) atoms. The average Bonchev–Trinajstić information content (AvgIpc) is 2.40. The van der Waals surface area contributed by atoms with Gasteiger partial charge in [-0.05, 0) is 25.2 Å². The van der Waals surface area contributed by atoms with Crippen LogP contribution < -0.4 is 11.1 Å². The van der Waals surface area contributed by atoms with Gasteiger partial charge in [-0.3, -0.25) is 4.79 Å². The average molecular weight is 268 g/mol. The number of carbonyl (C=O) groups is 1. The standard InChI is InChI=1S/C15H28N2O2/c1-11(2)13-10-15(14(16)18,8-9-19-13)17-12-6-4-3-5-7-12/h11-13,17H,3-10H2,1-2H3,(H2,16,18). The Hall–Kier alpha value is -0.610. The third-order valence-electron chi connectivity index (χ3n) is 4.71. The molecule has 0 bridgehead atoms. The van der Waals surface area contributed by atoms with Crippen LogP contribution in [0.15, 0.2) is 0 Å². The molecule has 3 N–H and O–H groups in total. The second kappa shape index (κ2) is 6.23. The molecule has 1 saturated heterocycles. The van der Waals surface area contributed by atoms with E-state index in [4.69, 9.17) is 10.5 Å². The highest BCUT2D eigenvalue weighted by Gasteiger charge is 2.44. The normalized spacial score (nSPS) is 33.5. The van der Waals surface area contributed by atoms with Crippen molar-refractivity contribution in [3.8, 4) is 0 Å².